The van der Waals surface area contributed by atoms with Gasteiger partial charge >= 0.3 is 0 Å². The summed E-state index contributed by atoms with van der Waals surface area (Å²) >= 11 is 0. The topological polar surface area (TPSA) is 48.0 Å². The van der Waals surface area contributed by atoms with Crippen LogP contribution in [0.15, 0.2) is 48.5 Å². The van der Waals surface area contributed by atoms with Gasteiger partial charge in [0.15, 0.2) is 11.5 Å². The van der Waals surface area contributed by atoms with Crippen molar-refractivity contribution in [1.82, 2.24) is 4.90 Å². The SMILES string of the molecule is COc1ccc(C=CC(=O)N(Cc2ccc(OC)c(OC3CCCCCC3)c2)C2CC2)cc1. The highest BCUT2D eigenvalue weighted by molar-refractivity contribution is 5.92. The molecule has 0 atom stereocenters. The molecule has 0 saturated heterocycles. The predicted octanol–water partition coefficient (Wildman–Crippen LogP) is 6.01. The van der Waals surface area contributed by atoms with Gasteiger partial charge < -0.3 is 19.1 Å². The summed E-state index contributed by atoms with van der Waals surface area (Å²) in [5.74, 6) is 2.39. The predicted molar refractivity (Wildman–Crippen MR) is 131 cm³/mol. The summed E-state index contributed by atoms with van der Waals surface area (Å²) in [7, 11) is 3.33. The Hall–Kier alpha value is -2.95. The molecule has 2 aliphatic carbocycles. The first kappa shape index (κ1) is 23.2. The molecule has 0 N–H and O–H groups in total. The Labute approximate surface area is 197 Å². The lowest BCUT2D eigenvalue weighted by Gasteiger charge is -2.23. The smallest absolute Gasteiger partial charge is 0.247 e. The van der Waals surface area contributed by atoms with Crippen molar-refractivity contribution in [2.75, 3.05) is 14.2 Å². The van der Waals surface area contributed by atoms with Crippen LogP contribution in [0.4, 0.5) is 0 Å². The van der Waals surface area contributed by atoms with E-state index in [0.717, 1.165) is 54.1 Å². The van der Waals surface area contributed by atoms with Crippen molar-refractivity contribution in [2.45, 2.75) is 70.1 Å². The van der Waals surface area contributed by atoms with Crippen LogP contribution in [-0.4, -0.2) is 37.2 Å². The molecule has 2 aromatic carbocycles. The standard InChI is InChI=1S/C28H35NO4/c1-31-24-15-9-21(10-16-24)12-18-28(30)29(23-13-14-23)20-22-11-17-26(32-2)27(19-22)33-25-7-5-3-4-6-8-25/h9-12,15-19,23,25H,3-8,13-14,20H2,1-2H3. The van der Waals surface area contributed by atoms with Crippen molar-refractivity contribution < 1.29 is 19.0 Å². The van der Waals surface area contributed by atoms with E-state index in [9.17, 15) is 4.79 Å². The average molecular weight is 450 g/mol. The number of benzene rings is 2. The molecule has 5 heteroatoms. The molecular weight excluding hydrogens is 414 g/mol. The summed E-state index contributed by atoms with van der Waals surface area (Å²) in [5.41, 5.74) is 2.04. The second-order valence-electron chi connectivity index (χ2n) is 9.02. The molecule has 0 unspecified atom stereocenters. The number of carbonyl (C=O) groups is 1. The van der Waals surface area contributed by atoms with Crippen LogP contribution < -0.4 is 14.2 Å². The zero-order valence-corrected chi connectivity index (χ0v) is 19.8. The quantitative estimate of drug-likeness (QED) is 0.347. The van der Waals surface area contributed by atoms with Crippen molar-refractivity contribution in [1.29, 1.82) is 0 Å². The van der Waals surface area contributed by atoms with Crippen molar-refractivity contribution in [3.05, 3.63) is 59.7 Å². The Kier molecular flexibility index (Phi) is 7.92. The van der Waals surface area contributed by atoms with Gasteiger partial charge in [-0.1, -0.05) is 31.0 Å². The van der Waals surface area contributed by atoms with E-state index in [1.54, 1.807) is 20.3 Å². The van der Waals surface area contributed by atoms with Crippen LogP contribution in [0.2, 0.25) is 0 Å². The molecule has 5 nitrogen and oxygen atoms in total. The normalized spacial score (nSPS) is 16.9. The van der Waals surface area contributed by atoms with Crippen molar-refractivity contribution in [3.8, 4) is 17.2 Å². The third kappa shape index (κ3) is 6.53. The van der Waals surface area contributed by atoms with Gasteiger partial charge in [0, 0.05) is 18.7 Å². The number of methoxy groups -OCH3 is 2. The first-order chi connectivity index (χ1) is 16.2. The van der Waals surface area contributed by atoms with E-state index in [1.165, 1.54) is 25.7 Å². The van der Waals surface area contributed by atoms with Crippen molar-refractivity contribution >= 4 is 12.0 Å². The molecule has 176 valence electrons. The van der Waals surface area contributed by atoms with Crippen LogP contribution in [-0.2, 0) is 11.3 Å². The number of carbonyl (C=O) groups excluding carboxylic acids is 1. The van der Waals surface area contributed by atoms with Crippen LogP contribution >= 0.6 is 0 Å². The van der Waals surface area contributed by atoms with Crippen LogP contribution in [0.5, 0.6) is 17.2 Å². The van der Waals surface area contributed by atoms with E-state index in [1.807, 2.05) is 47.4 Å². The molecule has 2 aromatic rings. The highest BCUT2D eigenvalue weighted by atomic mass is 16.5. The van der Waals surface area contributed by atoms with E-state index in [0.29, 0.717) is 12.6 Å². The number of nitrogens with zero attached hydrogens (tertiary/aromatic N) is 1. The van der Waals surface area contributed by atoms with Crippen molar-refractivity contribution in [3.63, 3.8) is 0 Å². The zero-order valence-electron chi connectivity index (χ0n) is 19.8. The van der Waals surface area contributed by atoms with Crippen LogP contribution in [0.25, 0.3) is 6.08 Å². The molecule has 0 radical (unpaired) electrons. The molecule has 2 fully saturated rings. The van der Waals surface area contributed by atoms with Gasteiger partial charge in [-0.2, -0.15) is 0 Å². The molecule has 0 heterocycles. The highest BCUT2D eigenvalue weighted by Gasteiger charge is 2.31. The molecule has 4 rings (SSSR count). The summed E-state index contributed by atoms with van der Waals surface area (Å²) in [6.45, 7) is 0.571. The minimum absolute atomic E-state index is 0.0374. The maximum Gasteiger partial charge on any atom is 0.247 e. The lowest BCUT2D eigenvalue weighted by Crippen LogP contribution is -2.31. The summed E-state index contributed by atoms with van der Waals surface area (Å²) in [6, 6.07) is 14.1. The summed E-state index contributed by atoms with van der Waals surface area (Å²) in [4.78, 5) is 15.0. The van der Waals surface area contributed by atoms with Gasteiger partial charge in [-0.15, -0.1) is 0 Å². The van der Waals surface area contributed by atoms with Gasteiger partial charge in [0.2, 0.25) is 5.91 Å². The number of hydrogen-bond donors (Lipinski definition) is 0. The van der Waals surface area contributed by atoms with Crippen LogP contribution in [0.1, 0.15) is 62.5 Å². The van der Waals surface area contributed by atoms with E-state index < -0.39 is 0 Å². The second kappa shape index (κ2) is 11.3. The number of amides is 1. The Bertz CT molecular complexity index is 941. The molecule has 0 bridgehead atoms. The van der Waals surface area contributed by atoms with Crippen LogP contribution in [0, 0.1) is 0 Å². The van der Waals surface area contributed by atoms with E-state index in [4.69, 9.17) is 14.2 Å². The Balaban J connectivity index is 1.45. The Morgan fingerprint density at radius 3 is 2.27 bits per heavy atom. The van der Waals surface area contributed by atoms with Gasteiger partial charge in [-0.3, -0.25) is 4.79 Å². The fourth-order valence-corrected chi connectivity index (χ4v) is 4.40. The maximum absolute atomic E-state index is 13.0. The Morgan fingerprint density at radius 2 is 1.64 bits per heavy atom. The van der Waals surface area contributed by atoms with Gasteiger partial charge in [-0.25, -0.2) is 0 Å². The van der Waals surface area contributed by atoms with Crippen molar-refractivity contribution in [2.24, 2.45) is 0 Å². The highest BCUT2D eigenvalue weighted by Crippen LogP contribution is 2.34. The summed E-state index contributed by atoms with van der Waals surface area (Å²) < 4.78 is 17.2. The minimum Gasteiger partial charge on any atom is -0.497 e. The molecule has 0 aromatic heterocycles. The maximum atomic E-state index is 13.0. The van der Waals surface area contributed by atoms with E-state index in [-0.39, 0.29) is 12.0 Å². The molecule has 0 spiro atoms. The molecule has 2 aliphatic rings. The van der Waals surface area contributed by atoms with Gasteiger partial charge in [-0.05, 0) is 80.0 Å². The number of ether oxygens (including phenoxy) is 3. The molecule has 33 heavy (non-hydrogen) atoms. The Morgan fingerprint density at radius 1 is 0.909 bits per heavy atom. The lowest BCUT2D eigenvalue weighted by atomic mass is 10.1. The third-order valence-corrected chi connectivity index (χ3v) is 6.48. The van der Waals surface area contributed by atoms with Gasteiger partial charge in [0.25, 0.3) is 0 Å². The molecule has 0 aliphatic heterocycles. The van der Waals surface area contributed by atoms with Gasteiger partial charge in [0.05, 0.1) is 20.3 Å². The first-order valence-corrected chi connectivity index (χ1v) is 12.1. The third-order valence-electron chi connectivity index (χ3n) is 6.48. The minimum atomic E-state index is 0.0374. The fourth-order valence-electron chi connectivity index (χ4n) is 4.40. The molecule has 1 amide bonds. The molecular formula is C28H35NO4. The first-order valence-electron chi connectivity index (χ1n) is 12.1. The monoisotopic (exact) mass is 449 g/mol. The van der Waals surface area contributed by atoms with E-state index in [2.05, 4.69) is 6.07 Å². The largest absolute Gasteiger partial charge is 0.497 e. The lowest BCUT2D eigenvalue weighted by molar-refractivity contribution is -0.127. The number of hydrogen-bond acceptors (Lipinski definition) is 4. The van der Waals surface area contributed by atoms with Crippen LogP contribution in [0.3, 0.4) is 0 Å². The van der Waals surface area contributed by atoms with E-state index >= 15 is 0 Å². The summed E-state index contributed by atoms with van der Waals surface area (Å²) in [6.07, 6.45) is 13.1. The second-order valence-corrected chi connectivity index (χ2v) is 9.02. The summed E-state index contributed by atoms with van der Waals surface area (Å²) in [5, 5.41) is 0. The fraction of sp³-hybridized carbons (Fsp3) is 0.464. The number of rotatable bonds is 9. The average Bonchev–Trinajstić information content (AvgIpc) is 3.70. The molecule has 2 saturated carbocycles. The van der Waals surface area contributed by atoms with Gasteiger partial charge in [0.1, 0.15) is 5.75 Å². The zero-order chi connectivity index (χ0) is 23.0.